The standard InChI is InChI=1S/C25H30N2O4/c1-17-8-4-5-9-19(17)24(28)27-15-21(20-11-10-18(30-2)14-23(20)31-3)22(16-27)25(29)26-12-6-7-13-26/h4-5,8-11,14,21-22H,6-7,12-13,15-16H2,1-3H3. The third-order valence-electron chi connectivity index (χ3n) is 6.56. The van der Waals surface area contributed by atoms with Crippen LogP contribution in [0.15, 0.2) is 42.5 Å². The van der Waals surface area contributed by atoms with Crippen molar-refractivity contribution in [3.63, 3.8) is 0 Å². The van der Waals surface area contributed by atoms with Crippen molar-refractivity contribution in [3.05, 3.63) is 59.2 Å². The molecular formula is C25H30N2O4. The van der Waals surface area contributed by atoms with E-state index in [0.29, 0.717) is 30.2 Å². The Labute approximate surface area is 183 Å². The van der Waals surface area contributed by atoms with Gasteiger partial charge in [-0.3, -0.25) is 9.59 Å². The zero-order chi connectivity index (χ0) is 22.0. The first-order valence-corrected chi connectivity index (χ1v) is 10.9. The zero-order valence-corrected chi connectivity index (χ0v) is 18.5. The molecule has 2 heterocycles. The van der Waals surface area contributed by atoms with Crippen molar-refractivity contribution in [3.8, 4) is 11.5 Å². The molecule has 0 saturated carbocycles. The number of hydrogen-bond donors (Lipinski definition) is 0. The van der Waals surface area contributed by atoms with Crippen LogP contribution in [0.3, 0.4) is 0 Å². The predicted molar refractivity (Wildman–Crippen MR) is 119 cm³/mol. The number of carbonyl (C=O) groups excluding carboxylic acids is 2. The van der Waals surface area contributed by atoms with E-state index in [0.717, 1.165) is 37.1 Å². The van der Waals surface area contributed by atoms with E-state index < -0.39 is 0 Å². The highest BCUT2D eigenvalue weighted by molar-refractivity contribution is 5.96. The number of amides is 2. The van der Waals surface area contributed by atoms with Gasteiger partial charge < -0.3 is 19.3 Å². The summed E-state index contributed by atoms with van der Waals surface area (Å²) in [5.41, 5.74) is 2.58. The van der Waals surface area contributed by atoms with Crippen LogP contribution in [-0.2, 0) is 4.79 Å². The quantitative estimate of drug-likeness (QED) is 0.740. The number of rotatable bonds is 5. The molecule has 2 aliphatic heterocycles. The van der Waals surface area contributed by atoms with Gasteiger partial charge in [0.2, 0.25) is 5.91 Å². The van der Waals surface area contributed by atoms with Crippen molar-refractivity contribution < 1.29 is 19.1 Å². The largest absolute Gasteiger partial charge is 0.497 e. The summed E-state index contributed by atoms with van der Waals surface area (Å²) in [7, 11) is 3.24. The van der Waals surface area contributed by atoms with E-state index >= 15 is 0 Å². The van der Waals surface area contributed by atoms with E-state index in [1.165, 1.54) is 0 Å². The predicted octanol–water partition coefficient (Wildman–Crippen LogP) is 3.49. The molecule has 2 aliphatic rings. The SMILES string of the molecule is COc1ccc(C2CN(C(=O)c3ccccc3C)CC2C(=O)N2CCCC2)c(OC)c1. The molecule has 31 heavy (non-hydrogen) atoms. The Bertz CT molecular complexity index is 968. The molecule has 2 unspecified atom stereocenters. The molecular weight excluding hydrogens is 392 g/mol. The van der Waals surface area contributed by atoms with Crippen LogP contribution in [0, 0.1) is 12.8 Å². The first-order chi connectivity index (χ1) is 15.0. The topological polar surface area (TPSA) is 59.1 Å². The highest BCUT2D eigenvalue weighted by Crippen LogP contribution is 2.40. The lowest BCUT2D eigenvalue weighted by Crippen LogP contribution is -2.37. The molecule has 0 radical (unpaired) electrons. The molecule has 0 N–H and O–H groups in total. The number of likely N-dealkylation sites (tertiary alicyclic amines) is 2. The van der Waals surface area contributed by atoms with Gasteiger partial charge >= 0.3 is 0 Å². The van der Waals surface area contributed by atoms with Crippen LogP contribution in [0.5, 0.6) is 11.5 Å². The van der Waals surface area contributed by atoms with Crippen molar-refractivity contribution in [2.75, 3.05) is 40.4 Å². The van der Waals surface area contributed by atoms with Crippen LogP contribution in [0.1, 0.15) is 40.2 Å². The number of aryl methyl sites for hydroxylation is 1. The second kappa shape index (κ2) is 9.00. The minimum atomic E-state index is -0.284. The molecule has 0 bridgehead atoms. The molecule has 2 aromatic rings. The van der Waals surface area contributed by atoms with Gasteiger partial charge in [-0.05, 0) is 37.5 Å². The second-order valence-electron chi connectivity index (χ2n) is 8.38. The summed E-state index contributed by atoms with van der Waals surface area (Å²) in [6.07, 6.45) is 2.08. The van der Waals surface area contributed by atoms with Crippen molar-refractivity contribution in [1.29, 1.82) is 0 Å². The summed E-state index contributed by atoms with van der Waals surface area (Å²) >= 11 is 0. The first-order valence-electron chi connectivity index (χ1n) is 10.9. The fourth-order valence-corrected chi connectivity index (χ4v) is 4.81. The summed E-state index contributed by atoms with van der Waals surface area (Å²) in [5, 5.41) is 0. The highest BCUT2D eigenvalue weighted by Gasteiger charge is 2.43. The van der Waals surface area contributed by atoms with Gasteiger partial charge in [0.15, 0.2) is 0 Å². The van der Waals surface area contributed by atoms with Crippen LogP contribution in [0.25, 0.3) is 0 Å². The molecule has 0 aliphatic carbocycles. The minimum absolute atomic E-state index is 0.0210. The third-order valence-corrected chi connectivity index (χ3v) is 6.56. The lowest BCUT2D eigenvalue weighted by Gasteiger charge is -2.25. The van der Waals surface area contributed by atoms with Gasteiger partial charge in [0.1, 0.15) is 11.5 Å². The number of nitrogens with zero attached hydrogens (tertiary/aromatic N) is 2. The molecule has 2 amide bonds. The average Bonchev–Trinajstić information content (AvgIpc) is 3.48. The molecule has 164 valence electrons. The van der Waals surface area contributed by atoms with Gasteiger partial charge in [0, 0.05) is 49.3 Å². The normalized spacial score (nSPS) is 20.7. The summed E-state index contributed by atoms with van der Waals surface area (Å²) in [5.74, 6) is 1.10. The van der Waals surface area contributed by atoms with Gasteiger partial charge in [-0.25, -0.2) is 0 Å². The van der Waals surface area contributed by atoms with Gasteiger partial charge in [0.05, 0.1) is 20.1 Å². The lowest BCUT2D eigenvalue weighted by molar-refractivity contribution is -0.134. The summed E-state index contributed by atoms with van der Waals surface area (Å²) in [6.45, 7) is 4.45. The molecule has 0 spiro atoms. The Kier molecular flexibility index (Phi) is 6.16. The average molecular weight is 423 g/mol. The lowest BCUT2D eigenvalue weighted by atomic mass is 9.87. The monoisotopic (exact) mass is 422 g/mol. The molecule has 0 aromatic heterocycles. The Hall–Kier alpha value is -3.02. The molecule has 2 aromatic carbocycles. The summed E-state index contributed by atoms with van der Waals surface area (Å²) in [4.78, 5) is 30.6. The molecule has 6 heteroatoms. The fourth-order valence-electron chi connectivity index (χ4n) is 4.81. The maximum absolute atomic E-state index is 13.4. The fraction of sp³-hybridized carbons (Fsp3) is 0.440. The number of methoxy groups -OCH3 is 2. The van der Waals surface area contributed by atoms with Crippen LogP contribution >= 0.6 is 0 Å². The van der Waals surface area contributed by atoms with Crippen molar-refractivity contribution in [1.82, 2.24) is 9.80 Å². The van der Waals surface area contributed by atoms with Crippen LogP contribution in [0.2, 0.25) is 0 Å². The number of benzene rings is 2. The van der Waals surface area contributed by atoms with Crippen molar-refractivity contribution in [2.24, 2.45) is 5.92 Å². The van der Waals surface area contributed by atoms with E-state index in [1.807, 2.05) is 59.2 Å². The minimum Gasteiger partial charge on any atom is -0.497 e. The molecule has 6 nitrogen and oxygen atoms in total. The molecule has 2 atom stereocenters. The second-order valence-corrected chi connectivity index (χ2v) is 8.38. The van der Waals surface area contributed by atoms with Gasteiger partial charge in [0.25, 0.3) is 5.91 Å². The maximum atomic E-state index is 13.4. The van der Waals surface area contributed by atoms with E-state index in [-0.39, 0.29) is 23.7 Å². The third kappa shape index (κ3) is 4.11. The van der Waals surface area contributed by atoms with Crippen LogP contribution in [0.4, 0.5) is 0 Å². The van der Waals surface area contributed by atoms with Crippen molar-refractivity contribution in [2.45, 2.75) is 25.7 Å². The maximum Gasteiger partial charge on any atom is 0.254 e. The Morgan fingerprint density at radius 3 is 2.35 bits per heavy atom. The Morgan fingerprint density at radius 2 is 1.68 bits per heavy atom. The molecule has 2 fully saturated rings. The highest BCUT2D eigenvalue weighted by atomic mass is 16.5. The summed E-state index contributed by atoms with van der Waals surface area (Å²) < 4.78 is 11.0. The zero-order valence-electron chi connectivity index (χ0n) is 18.5. The number of carbonyl (C=O) groups is 2. The Balaban J connectivity index is 1.68. The van der Waals surface area contributed by atoms with Crippen LogP contribution < -0.4 is 9.47 Å². The van der Waals surface area contributed by atoms with E-state index in [1.54, 1.807) is 14.2 Å². The first kappa shape index (κ1) is 21.2. The van der Waals surface area contributed by atoms with Gasteiger partial charge in [-0.2, -0.15) is 0 Å². The van der Waals surface area contributed by atoms with E-state index in [9.17, 15) is 9.59 Å². The van der Waals surface area contributed by atoms with Crippen molar-refractivity contribution >= 4 is 11.8 Å². The van der Waals surface area contributed by atoms with E-state index in [4.69, 9.17) is 9.47 Å². The van der Waals surface area contributed by atoms with Gasteiger partial charge in [-0.15, -0.1) is 0 Å². The Morgan fingerprint density at radius 1 is 0.935 bits per heavy atom. The summed E-state index contributed by atoms with van der Waals surface area (Å²) in [6, 6.07) is 13.3. The van der Waals surface area contributed by atoms with Gasteiger partial charge in [-0.1, -0.05) is 24.3 Å². The molecule has 2 saturated heterocycles. The smallest absolute Gasteiger partial charge is 0.254 e. The van der Waals surface area contributed by atoms with E-state index in [2.05, 4.69) is 0 Å². The number of hydrogen-bond acceptors (Lipinski definition) is 4. The van der Waals surface area contributed by atoms with Crippen LogP contribution in [-0.4, -0.2) is 62.0 Å². The molecule has 4 rings (SSSR count). The number of ether oxygens (including phenoxy) is 2.